The summed E-state index contributed by atoms with van der Waals surface area (Å²) in [6, 6.07) is 0. The number of hydrogen-bond acceptors (Lipinski definition) is 4. The van der Waals surface area contributed by atoms with Gasteiger partial charge in [-0.1, -0.05) is 52.0 Å². The van der Waals surface area contributed by atoms with Gasteiger partial charge in [-0.25, -0.2) is 0 Å². The third kappa shape index (κ3) is 7.51. The number of carbonyl (C=O) groups excluding carboxylic acids is 2. The highest BCUT2D eigenvalue weighted by Crippen LogP contribution is 2.51. The number of allylic oxidation sites excluding steroid dienone is 3. The van der Waals surface area contributed by atoms with Gasteiger partial charge in [0.2, 0.25) is 0 Å². The van der Waals surface area contributed by atoms with Gasteiger partial charge in [0.15, 0.2) is 0 Å². The Kier molecular flexibility index (Phi) is 11.1. The van der Waals surface area contributed by atoms with Crippen LogP contribution in [0.2, 0.25) is 0 Å². The molecule has 1 fully saturated rings. The van der Waals surface area contributed by atoms with Crippen LogP contribution >= 0.6 is 0 Å². The summed E-state index contributed by atoms with van der Waals surface area (Å²) in [7, 11) is 0. The molecule has 27 heavy (non-hydrogen) atoms. The van der Waals surface area contributed by atoms with Gasteiger partial charge in [-0.3, -0.25) is 9.59 Å². The van der Waals surface area contributed by atoms with E-state index in [1.807, 2.05) is 19.9 Å². The fraction of sp³-hybridized carbons (Fsp3) is 0.739. The molecule has 4 atom stereocenters. The zero-order valence-electron chi connectivity index (χ0n) is 17.8. The first-order valence-electron chi connectivity index (χ1n) is 10.6. The lowest BCUT2D eigenvalue weighted by molar-refractivity contribution is -0.151. The highest BCUT2D eigenvalue weighted by atomic mass is 16.5. The molecule has 0 aromatic carbocycles. The average Bonchev–Trinajstić information content (AvgIpc) is 3.24. The highest BCUT2D eigenvalue weighted by Gasteiger charge is 2.49. The quantitative estimate of drug-likeness (QED) is 0.309. The van der Waals surface area contributed by atoms with Crippen LogP contribution in [0.15, 0.2) is 24.3 Å². The molecule has 0 aromatic heterocycles. The van der Waals surface area contributed by atoms with Crippen molar-refractivity contribution in [1.82, 2.24) is 0 Å². The summed E-state index contributed by atoms with van der Waals surface area (Å²) >= 11 is 0. The van der Waals surface area contributed by atoms with E-state index in [1.54, 1.807) is 0 Å². The summed E-state index contributed by atoms with van der Waals surface area (Å²) in [6.45, 7) is 11.4. The van der Waals surface area contributed by atoms with Crippen LogP contribution in [0.5, 0.6) is 0 Å². The second kappa shape index (κ2) is 12.7. The van der Waals surface area contributed by atoms with Crippen LogP contribution in [0.25, 0.3) is 0 Å². The maximum atomic E-state index is 11.9. The SMILES string of the molecule is CC/C=C\CCOC(=O)CCC.CCOC(=O)[C@H]1C2C=CC(C2)C1C(C)C. The van der Waals surface area contributed by atoms with Crippen LogP contribution in [-0.4, -0.2) is 25.2 Å². The van der Waals surface area contributed by atoms with Gasteiger partial charge >= 0.3 is 11.9 Å². The summed E-state index contributed by atoms with van der Waals surface area (Å²) < 4.78 is 10.1. The summed E-state index contributed by atoms with van der Waals surface area (Å²) in [5.74, 6) is 2.19. The van der Waals surface area contributed by atoms with E-state index in [4.69, 9.17) is 9.47 Å². The first kappa shape index (κ1) is 23.5. The van der Waals surface area contributed by atoms with Crippen molar-refractivity contribution in [2.45, 2.75) is 66.7 Å². The van der Waals surface area contributed by atoms with Gasteiger partial charge in [0.05, 0.1) is 19.1 Å². The Bertz CT molecular complexity index is 507. The lowest BCUT2D eigenvalue weighted by Crippen LogP contribution is -2.32. The Morgan fingerprint density at radius 3 is 2.37 bits per heavy atom. The lowest BCUT2D eigenvalue weighted by atomic mass is 9.76. The molecule has 0 amide bonds. The van der Waals surface area contributed by atoms with Gasteiger partial charge in [-0.2, -0.15) is 0 Å². The highest BCUT2D eigenvalue weighted by molar-refractivity contribution is 5.74. The zero-order valence-corrected chi connectivity index (χ0v) is 17.8. The molecule has 2 bridgehead atoms. The van der Waals surface area contributed by atoms with E-state index < -0.39 is 0 Å². The zero-order chi connectivity index (χ0) is 20.2. The molecule has 0 aromatic rings. The van der Waals surface area contributed by atoms with Gasteiger partial charge in [-0.15, -0.1) is 0 Å². The molecule has 3 unspecified atom stereocenters. The van der Waals surface area contributed by atoms with E-state index in [9.17, 15) is 9.59 Å². The van der Waals surface area contributed by atoms with Crippen LogP contribution in [0.4, 0.5) is 0 Å². The molecule has 0 radical (unpaired) electrons. The number of rotatable bonds is 9. The van der Waals surface area contributed by atoms with Crippen molar-refractivity contribution < 1.29 is 19.1 Å². The molecule has 0 aliphatic heterocycles. The minimum atomic E-state index is -0.0811. The minimum Gasteiger partial charge on any atom is -0.466 e. The predicted octanol–water partition coefficient (Wildman–Crippen LogP) is 5.33. The van der Waals surface area contributed by atoms with E-state index >= 15 is 0 Å². The number of carbonyl (C=O) groups is 2. The number of hydrogen-bond donors (Lipinski definition) is 0. The van der Waals surface area contributed by atoms with E-state index in [0.717, 1.165) is 25.7 Å². The van der Waals surface area contributed by atoms with Crippen molar-refractivity contribution >= 4 is 11.9 Å². The smallest absolute Gasteiger partial charge is 0.309 e. The van der Waals surface area contributed by atoms with Crippen LogP contribution in [-0.2, 0) is 19.1 Å². The monoisotopic (exact) mass is 378 g/mol. The first-order chi connectivity index (χ1) is 13.0. The molecule has 4 nitrogen and oxygen atoms in total. The molecule has 2 aliphatic rings. The Morgan fingerprint density at radius 2 is 1.78 bits per heavy atom. The van der Waals surface area contributed by atoms with Crippen molar-refractivity contribution in [3.8, 4) is 0 Å². The largest absolute Gasteiger partial charge is 0.466 e. The van der Waals surface area contributed by atoms with Gasteiger partial charge in [0.1, 0.15) is 0 Å². The third-order valence-electron chi connectivity index (χ3n) is 5.25. The normalized spacial score (nSPS) is 25.6. The van der Waals surface area contributed by atoms with Gasteiger partial charge < -0.3 is 9.47 Å². The number of esters is 2. The molecule has 2 aliphatic carbocycles. The summed E-state index contributed by atoms with van der Waals surface area (Å²) in [4.78, 5) is 22.7. The Morgan fingerprint density at radius 1 is 1.07 bits per heavy atom. The Balaban J connectivity index is 0.000000279. The standard InChI is InChI=1S/C13H20O2.C10H18O2/c1-4-15-13(14)12-10-6-5-9(7-10)11(12)8(2)3;1-3-5-6-7-9-12-10(11)8-4-2/h5-6,8-12H,4,7H2,1-3H3;5-6H,3-4,7-9H2,1-2H3/b;6-5-/t9?,10?,11?,12-;/m0./s1. The van der Waals surface area contributed by atoms with E-state index in [0.29, 0.717) is 43.3 Å². The summed E-state index contributed by atoms with van der Waals surface area (Å²) in [5, 5.41) is 0. The molecule has 0 heterocycles. The topological polar surface area (TPSA) is 52.6 Å². The summed E-state index contributed by atoms with van der Waals surface area (Å²) in [6.07, 6.45) is 13.1. The van der Waals surface area contributed by atoms with E-state index in [2.05, 4.69) is 39.0 Å². The van der Waals surface area contributed by atoms with Gasteiger partial charge in [0, 0.05) is 6.42 Å². The molecule has 154 valence electrons. The average molecular weight is 379 g/mol. The lowest BCUT2D eigenvalue weighted by Gasteiger charge is -2.29. The fourth-order valence-corrected chi connectivity index (χ4v) is 4.14. The van der Waals surface area contributed by atoms with Crippen molar-refractivity contribution in [2.24, 2.45) is 29.6 Å². The first-order valence-corrected chi connectivity index (χ1v) is 10.6. The van der Waals surface area contributed by atoms with Crippen molar-refractivity contribution in [1.29, 1.82) is 0 Å². The van der Waals surface area contributed by atoms with Gasteiger partial charge in [0.25, 0.3) is 0 Å². The molecule has 0 N–H and O–H groups in total. The Labute approximate surface area is 165 Å². The van der Waals surface area contributed by atoms with E-state index in [-0.39, 0.29) is 17.9 Å². The molecule has 4 heteroatoms. The third-order valence-corrected chi connectivity index (χ3v) is 5.25. The minimum absolute atomic E-state index is 0.0213. The van der Waals surface area contributed by atoms with Gasteiger partial charge in [-0.05, 0) is 56.3 Å². The summed E-state index contributed by atoms with van der Waals surface area (Å²) in [5.41, 5.74) is 0. The van der Waals surface area contributed by atoms with Crippen molar-refractivity contribution in [2.75, 3.05) is 13.2 Å². The molecule has 0 saturated heterocycles. The van der Waals surface area contributed by atoms with Crippen LogP contribution in [0.3, 0.4) is 0 Å². The molecular weight excluding hydrogens is 340 g/mol. The number of ether oxygens (including phenoxy) is 2. The second-order valence-corrected chi connectivity index (χ2v) is 7.69. The fourth-order valence-electron chi connectivity index (χ4n) is 4.14. The second-order valence-electron chi connectivity index (χ2n) is 7.69. The maximum absolute atomic E-state index is 11.9. The Hall–Kier alpha value is -1.58. The molecule has 0 spiro atoms. The van der Waals surface area contributed by atoms with Crippen molar-refractivity contribution in [3.05, 3.63) is 24.3 Å². The van der Waals surface area contributed by atoms with E-state index in [1.165, 1.54) is 0 Å². The van der Waals surface area contributed by atoms with Crippen LogP contribution in [0.1, 0.15) is 66.7 Å². The molecule has 1 saturated carbocycles. The van der Waals surface area contributed by atoms with Crippen LogP contribution in [0, 0.1) is 29.6 Å². The molecule has 2 rings (SSSR count). The maximum Gasteiger partial charge on any atom is 0.309 e. The molecular formula is C23H38O4. The van der Waals surface area contributed by atoms with Crippen LogP contribution < -0.4 is 0 Å². The predicted molar refractivity (Wildman–Crippen MR) is 109 cm³/mol. The van der Waals surface area contributed by atoms with Crippen molar-refractivity contribution in [3.63, 3.8) is 0 Å². The number of fused-ring (bicyclic) bond motifs is 2.